The molecule has 0 aliphatic rings. The van der Waals surface area contributed by atoms with E-state index in [4.69, 9.17) is 10.5 Å². The average molecular weight is 409 g/mol. The number of amides is 2. The van der Waals surface area contributed by atoms with Crippen LogP contribution in [0.5, 0.6) is 5.75 Å². The fourth-order valence-corrected chi connectivity index (χ4v) is 3.92. The Hall–Kier alpha value is -3.12. The van der Waals surface area contributed by atoms with Gasteiger partial charge in [0.25, 0.3) is 11.8 Å². The van der Waals surface area contributed by atoms with Crippen molar-refractivity contribution in [3.05, 3.63) is 71.8 Å². The minimum absolute atomic E-state index is 0.300. The quantitative estimate of drug-likeness (QED) is 0.469. The van der Waals surface area contributed by atoms with Crippen molar-refractivity contribution in [2.75, 3.05) is 11.9 Å². The van der Waals surface area contributed by atoms with Crippen LogP contribution in [0.15, 0.2) is 60.7 Å². The highest BCUT2D eigenvalue weighted by Crippen LogP contribution is 2.35. The summed E-state index contributed by atoms with van der Waals surface area (Å²) in [6.45, 7) is 2.76. The molecule has 0 aliphatic carbocycles. The second kappa shape index (κ2) is 9.89. The number of benzene rings is 2. The molecule has 0 fully saturated rings. The second-order valence-electron chi connectivity index (χ2n) is 6.62. The third kappa shape index (κ3) is 5.45. The van der Waals surface area contributed by atoms with Crippen LogP contribution in [0.1, 0.15) is 46.9 Å². The summed E-state index contributed by atoms with van der Waals surface area (Å²) in [5, 5.41) is 3.27. The van der Waals surface area contributed by atoms with Gasteiger partial charge in [-0.3, -0.25) is 9.59 Å². The van der Waals surface area contributed by atoms with E-state index in [1.165, 1.54) is 11.3 Å². The zero-order valence-electron chi connectivity index (χ0n) is 16.3. The summed E-state index contributed by atoms with van der Waals surface area (Å²) >= 11 is 1.32. The molecule has 1 aromatic heterocycles. The normalized spacial score (nSPS) is 10.5. The highest BCUT2D eigenvalue weighted by Gasteiger charge is 2.18. The van der Waals surface area contributed by atoms with Crippen molar-refractivity contribution in [3.63, 3.8) is 0 Å². The maximum absolute atomic E-state index is 12.8. The molecule has 0 atom stereocenters. The van der Waals surface area contributed by atoms with Crippen LogP contribution in [0.4, 0.5) is 5.00 Å². The molecule has 3 aromatic rings. The SMILES string of the molecule is CCCCCOc1cccc(C(=O)Nc2sc(-c3ccccc3)cc2C(N)=O)c1. The van der Waals surface area contributed by atoms with Gasteiger partial charge >= 0.3 is 0 Å². The summed E-state index contributed by atoms with van der Waals surface area (Å²) in [6, 6.07) is 18.4. The first-order chi connectivity index (χ1) is 14.1. The lowest BCUT2D eigenvalue weighted by atomic mass is 10.1. The number of ether oxygens (including phenoxy) is 1. The van der Waals surface area contributed by atoms with E-state index in [1.54, 1.807) is 24.3 Å². The highest BCUT2D eigenvalue weighted by atomic mass is 32.1. The van der Waals surface area contributed by atoms with Gasteiger partial charge in [-0.2, -0.15) is 0 Å². The number of carbonyl (C=O) groups excluding carboxylic acids is 2. The van der Waals surface area contributed by atoms with Crippen LogP contribution in [0, 0.1) is 0 Å². The van der Waals surface area contributed by atoms with Gasteiger partial charge in [-0.1, -0.05) is 56.2 Å². The van der Waals surface area contributed by atoms with Gasteiger partial charge in [-0.05, 0) is 36.2 Å². The zero-order valence-corrected chi connectivity index (χ0v) is 17.1. The van der Waals surface area contributed by atoms with Crippen molar-refractivity contribution < 1.29 is 14.3 Å². The molecule has 3 rings (SSSR count). The summed E-state index contributed by atoms with van der Waals surface area (Å²) in [7, 11) is 0. The Morgan fingerprint density at radius 2 is 1.83 bits per heavy atom. The third-order valence-corrected chi connectivity index (χ3v) is 5.50. The molecular formula is C23H24N2O3S. The number of anilines is 1. The van der Waals surface area contributed by atoms with E-state index in [0.29, 0.717) is 28.5 Å². The topological polar surface area (TPSA) is 81.4 Å². The van der Waals surface area contributed by atoms with E-state index in [0.717, 1.165) is 29.7 Å². The number of unbranched alkanes of at least 4 members (excludes halogenated alkanes) is 2. The van der Waals surface area contributed by atoms with Gasteiger partial charge in [0, 0.05) is 10.4 Å². The highest BCUT2D eigenvalue weighted by molar-refractivity contribution is 7.20. The van der Waals surface area contributed by atoms with Crippen LogP contribution in [0.25, 0.3) is 10.4 Å². The lowest BCUT2D eigenvalue weighted by molar-refractivity contribution is 0.100. The van der Waals surface area contributed by atoms with Crippen molar-refractivity contribution in [2.45, 2.75) is 26.2 Å². The smallest absolute Gasteiger partial charge is 0.256 e. The summed E-state index contributed by atoms with van der Waals surface area (Å²) < 4.78 is 5.72. The van der Waals surface area contributed by atoms with Gasteiger partial charge in [0.15, 0.2) is 0 Å². The molecule has 0 saturated carbocycles. The van der Waals surface area contributed by atoms with Crippen molar-refractivity contribution in [1.29, 1.82) is 0 Å². The van der Waals surface area contributed by atoms with Crippen molar-refractivity contribution in [3.8, 4) is 16.2 Å². The van der Waals surface area contributed by atoms with E-state index in [1.807, 2.05) is 36.4 Å². The minimum Gasteiger partial charge on any atom is -0.494 e. The van der Waals surface area contributed by atoms with Crippen LogP contribution >= 0.6 is 11.3 Å². The molecule has 6 heteroatoms. The first kappa shape index (κ1) is 20.6. The fourth-order valence-electron chi connectivity index (χ4n) is 2.86. The summed E-state index contributed by atoms with van der Waals surface area (Å²) in [6.07, 6.45) is 3.21. The Morgan fingerprint density at radius 3 is 2.55 bits per heavy atom. The Labute approximate surface area is 174 Å². The van der Waals surface area contributed by atoms with Gasteiger partial charge in [0.05, 0.1) is 12.2 Å². The molecule has 0 unspecified atom stereocenters. The van der Waals surface area contributed by atoms with Crippen LogP contribution in [-0.4, -0.2) is 18.4 Å². The standard InChI is InChI=1S/C23H24N2O3S/c1-2-3-7-13-28-18-12-8-11-17(14-18)22(27)25-23-19(21(24)26)15-20(29-23)16-9-5-4-6-10-16/h4-6,8-12,14-15H,2-3,7,13H2,1H3,(H2,24,26)(H,25,27). The van der Waals surface area contributed by atoms with Crippen LogP contribution < -0.4 is 15.8 Å². The summed E-state index contributed by atoms with van der Waals surface area (Å²) in [5.41, 5.74) is 7.24. The predicted octanol–water partition coefficient (Wildman–Crippen LogP) is 5.34. The molecule has 0 saturated heterocycles. The van der Waals surface area contributed by atoms with E-state index >= 15 is 0 Å². The van der Waals surface area contributed by atoms with Gasteiger partial charge in [-0.25, -0.2) is 0 Å². The van der Waals surface area contributed by atoms with E-state index < -0.39 is 5.91 Å². The van der Waals surface area contributed by atoms with Crippen molar-refractivity contribution in [2.24, 2.45) is 5.73 Å². The Bertz CT molecular complexity index is 983. The molecule has 2 amide bonds. The molecular weight excluding hydrogens is 384 g/mol. The molecule has 1 heterocycles. The predicted molar refractivity (Wildman–Crippen MR) is 118 cm³/mol. The van der Waals surface area contributed by atoms with Crippen molar-refractivity contribution in [1.82, 2.24) is 0 Å². The molecule has 150 valence electrons. The van der Waals surface area contributed by atoms with Gasteiger partial charge in [0.1, 0.15) is 10.8 Å². The molecule has 3 N–H and O–H groups in total. The monoisotopic (exact) mass is 408 g/mol. The number of carbonyl (C=O) groups is 2. The van der Waals surface area contributed by atoms with Crippen LogP contribution in [0.3, 0.4) is 0 Å². The largest absolute Gasteiger partial charge is 0.494 e. The molecule has 2 aromatic carbocycles. The molecule has 0 spiro atoms. The molecule has 0 aliphatic heterocycles. The van der Waals surface area contributed by atoms with Gasteiger partial charge in [-0.15, -0.1) is 11.3 Å². The Balaban J connectivity index is 1.76. The van der Waals surface area contributed by atoms with E-state index in [-0.39, 0.29) is 5.91 Å². The van der Waals surface area contributed by atoms with Gasteiger partial charge in [0.2, 0.25) is 0 Å². The van der Waals surface area contributed by atoms with Crippen LogP contribution in [-0.2, 0) is 0 Å². The van der Waals surface area contributed by atoms with Crippen molar-refractivity contribution >= 4 is 28.2 Å². The molecule has 0 radical (unpaired) electrons. The summed E-state index contributed by atoms with van der Waals surface area (Å²) in [4.78, 5) is 25.5. The first-order valence-electron chi connectivity index (χ1n) is 9.61. The number of nitrogens with one attached hydrogen (secondary N) is 1. The number of primary amides is 1. The third-order valence-electron chi connectivity index (χ3n) is 4.40. The number of nitrogens with two attached hydrogens (primary N) is 1. The second-order valence-corrected chi connectivity index (χ2v) is 7.67. The Kier molecular flexibility index (Phi) is 7.03. The zero-order chi connectivity index (χ0) is 20.6. The molecule has 0 bridgehead atoms. The number of hydrogen-bond acceptors (Lipinski definition) is 4. The lowest BCUT2D eigenvalue weighted by Gasteiger charge is -2.08. The number of rotatable bonds is 9. The average Bonchev–Trinajstić information content (AvgIpc) is 3.16. The van der Waals surface area contributed by atoms with E-state index in [9.17, 15) is 9.59 Å². The Morgan fingerprint density at radius 1 is 1.03 bits per heavy atom. The minimum atomic E-state index is -0.577. The van der Waals surface area contributed by atoms with Crippen LogP contribution in [0.2, 0.25) is 0 Å². The maximum atomic E-state index is 12.8. The number of hydrogen-bond donors (Lipinski definition) is 2. The fraction of sp³-hybridized carbons (Fsp3) is 0.217. The number of thiophene rings is 1. The lowest BCUT2D eigenvalue weighted by Crippen LogP contribution is -2.16. The molecule has 29 heavy (non-hydrogen) atoms. The summed E-state index contributed by atoms with van der Waals surface area (Å²) in [5.74, 6) is -0.236. The first-order valence-corrected chi connectivity index (χ1v) is 10.4. The van der Waals surface area contributed by atoms with E-state index in [2.05, 4.69) is 12.2 Å². The molecule has 5 nitrogen and oxygen atoms in total. The van der Waals surface area contributed by atoms with Gasteiger partial charge < -0.3 is 15.8 Å². The maximum Gasteiger partial charge on any atom is 0.256 e.